The van der Waals surface area contributed by atoms with Crippen molar-refractivity contribution in [1.82, 2.24) is 0 Å². The van der Waals surface area contributed by atoms with Crippen molar-refractivity contribution < 1.29 is 10.2 Å². The van der Waals surface area contributed by atoms with Gasteiger partial charge in [0.1, 0.15) is 11.5 Å². The Morgan fingerprint density at radius 1 is 0.632 bits per heavy atom. The van der Waals surface area contributed by atoms with Crippen LogP contribution < -0.4 is 5.73 Å². The van der Waals surface area contributed by atoms with Gasteiger partial charge in [-0.25, -0.2) is 0 Å². The lowest BCUT2D eigenvalue weighted by Crippen LogP contribution is -2.07. The van der Waals surface area contributed by atoms with Crippen LogP contribution in [0.1, 0.15) is 115 Å². The number of rotatable bonds is 7. The summed E-state index contributed by atoms with van der Waals surface area (Å²) in [7, 11) is 0. The minimum atomic E-state index is 0.259. The quantitative estimate of drug-likeness (QED) is 0.280. The van der Waals surface area contributed by atoms with Crippen LogP contribution in [0.2, 0.25) is 0 Å². The Morgan fingerprint density at radius 2 is 1.13 bits per heavy atom. The zero-order valence-electron chi connectivity index (χ0n) is 22.4. The number of hydrogen-bond acceptors (Lipinski definition) is 3. The maximum absolute atomic E-state index is 11.5. The minimum absolute atomic E-state index is 0.259. The van der Waals surface area contributed by atoms with Crippen molar-refractivity contribution >= 4 is 18.2 Å². The predicted octanol–water partition coefficient (Wildman–Crippen LogP) is 8.88. The molecule has 0 aromatic heterocycles. The van der Waals surface area contributed by atoms with E-state index >= 15 is 0 Å². The molecule has 3 nitrogen and oxygen atoms in total. The number of phenolic OH excluding ortho intramolecular Hbond substituents is 2. The molecule has 2 fully saturated rings. The molecule has 0 aliphatic heterocycles. The Bertz CT molecular complexity index is 1280. The summed E-state index contributed by atoms with van der Waals surface area (Å²) in [6.07, 6.45) is 20.3. The largest absolute Gasteiger partial charge is 0.507 e. The average Bonchev–Trinajstić information content (AvgIpc) is 2.97. The van der Waals surface area contributed by atoms with Gasteiger partial charge in [0.15, 0.2) is 0 Å². The summed E-state index contributed by atoms with van der Waals surface area (Å²) >= 11 is 0. The molecule has 2 aliphatic rings. The second-order valence-electron chi connectivity index (χ2n) is 11.2. The summed E-state index contributed by atoms with van der Waals surface area (Å²) < 4.78 is 0. The molecule has 38 heavy (non-hydrogen) atoms. The molecule has 3 aromatic rings. The SMILES string of the molecule is N/C=C/c1cc(C2CCCCC2)cc(Cc2cc(C3CCCCC3)cc(/C=C/c3ccccc3)c2O)c1O. The lowest BCUT2D eigenvalue weighted by atomic mass is 9.81. The first kappa shape index (κ1) is 26.2. The minimum Gasteiger partial charge on any atom is -0.507 e. The smallest absolute Gasteiger partial charge is 0.126 e. The standard InChI is InChI=1S/C35H41NO2/c36-19-18-29-21-31(27-14-8-3-9-15-27)23-33(35(29)38)24-32-22-30(26-12-6-2-7-13-26)20-28(34(32)37)17-16-25-10-4-1-5-11-25/h1,4-5,10-11,16-23,26-27,37-38H,2-3,6-9,12-15,24,36H2/b17-16+,19-18+. The van der Waals surface area contributed by atoms with Gasteiger partial charge in [-0.05, 0) is 89.7 Å². The average molecular weight is 508 g/mol. The molecule has 2 aliphatic carbocycles. The maximum atomic E-state index is 11.5. The number of benzene rings is 3. The Balaban J connectivity index is 1.55. The van der Waals surface area contributed by atoms with Crippen LogP contribution in [0.15, 0.2) is 60.8 Å². The van der Waals surface area contributed by atoms with E-state index in [0.29, 0.717) is 24.0 Å². The van der Waals surface area contributed by atoms with Crippen molar-refractivity contribution in [3.8, 4) is 11.5 Å². The van der Waals surface area contributed by atoms with Crippen molar-refractivity contribution in [3.05, 3.63) is 99.7 Å². The zero-order chi connectivity index (χ0) is 26.3. The molecular weight excluding hydrogens is 466 g/mol. The molecule has 0 bridgehead atoms. The predicted molar refractivity (Wildman–Crippen MR) is 159 cm³/mol. The summed E-state index contributed by atoms with van der Waals surface area (Å²) in [6.45, 7) is 0. The van der Waals surface area contributed by atoms with E-state index in [1.165, 1.54) is 81.5 Å². The van der Waals surface area contributed by atoms with Gasteiger partial charge in [0.25, 0.3) is 0 Å². The molecule has 0 radical (unpaired) electrons. The Morgan fingerprint density at radius 3 is 1.63 bits per heavy atom. The van der Waals surface area contributed by atoms with Gasteiger partial charge >= 0.3 is 0 Å². The van der Waals surface area contributed by atoms with Gasteiger partial charge in [-0.3, -0.25) is 0 Å². The zero-order valence-corrected chi connectivity index (χ0v) is 22.4. The first-order valence-electron chi connectivity index (χ1n) is 14.5. The monoisotopic (exact) mass is 507 g/mol. The molecule has 3 heteroatoms. The number of nitrogens with two attached hydrogens (primary N) is 1. The van der Waals surface area contributed by atoms with E-state index in [4.69, 9.17) is 5.73 Å². The fourth-order valence-electron chi connectivity index (χ4n) is 6.41. The topological polar surface area (TPSA) is 66.5 Å². The van der Waals surface area contributed by atoms with E-state index in [0.717, 1.165) is 27.8 Å². The van der Waals surface area contributed by atoms with Gasteiger partial charge in [-0.2, -0.15) is 0 Å². The third kappa shape index (κ3) is 6.15. The van der Waals surface area contributed by atoms with E-state index in [2.05, 4.69) is 42.5 Å². The first-order chi connectivity index (χ1) is 18.6. The number of phenols is 2. The summed E-state index contributed by atoms with van der Waals surface area (Å²) in [5.41, 5.74) is 12.8. The molecule has 0 spiro atoms. The highest BCUT2D eigenvalue weighted by Crippen LogP contribution is 2.40. The lowest BCUT2D eigenvalue weighted by molar-refractivity contribution is 0.438. The van der Waals surface area contributed by atoms with Gasteiger partial charge in [-0.1, -0.05) is 93.1 Å². The summed E-state index contributed by atoms with van der Waals surface area (Å²) in [5, 5.41) is 22.7. The van der Waals surface area contributed by atoms with Crippen molar-refractivity contribution in [3.63, 3.8) is 0 Å². The summed E-state index contributed by atoms with van der Waals surface area (Å²) in [5.74, 6) is 1.59. The Labute approximate surface area is 227 Å². The third-order valence-electron chi connectivity index (χ3n) is 8.55. The molecule has 198 valence electrons. The molecule has 2 saturated carbocycles. The Kier molecular flexibility index (Phi) is 8.53. The molecule has 0 amide bonds. The van der Waals surface area contributed by atoms with Crippen LogP contribution in [0, 0.1) is 0 Å². The summed E-state index contributed by atoms with van der Waals surface area (Å²) in [6, 6.07) is 18.8. The molecule has 4 N–H and O–H groups in total. The molecule has 0 unspecified atom stereocenters. The highest BCUT2D eigenvalue weighted by Gasteiger charge is 2.22. The highest BCUT2D eigenvalue weighted by atomic mass is 16.3. The Hall–Kier alpha value is -3.46. The first-order valence-corrected chi connectivity index (χ1v) is 14.5. The van der Waals surface area contributed by atoms with E-state index in [1.807, 2.05) is 24.3 Å². The van der Waals surface area contributed by atoms with Crippen LogP contribution in [0.3, 0.4) is 0 Å². The number of hydrogen-bond donors (Lipinski definition) is 3. The van der Waals surface area contributed by atoms with E-state index < -0.39 is 0 Å². The van der Waals surface area contributed by atoms with Crippen LogP contribution in [0.5, 0.6) is 11.5 Å². The molecule has 0 saturated heterocycles. The van der Waals surface area contributed by atoms with Crippen molar-refractivity contribution in [2.45, 2.75) is 82.5 Å². The van der Waals surface area contributed by atoms with E-state index in [9.17, 15) is 10.2 Å². The number of aromatic hydroxyl groups is 2. The maximum Gasteiger partial charge on any atom is 0.126 e. The van der Waals surface area contributed by atoms with Crippen LogP contribution in [0.4, 0.5) is 0 Å². The van der Waals surface area contributed by atoms with Crippen molar-refractivity contribution in [2.24, 2.45) is 5.73 Å². The van der Waals surface area contributed by atoms with Gasteiger partial charge < -0.3 is 15.9 Å². The lowest BCUT2D eigenvalue weighted by Gasteiger charge is -2.25. The molecule has 3 aromatic carbocycles. The van der Waals surface area contributed by atoms with E-state index in [-0.39, 0.29) is 5.75 Å². The van der Waals surface area contributed by atoms with Gasteiger partial charge in [0.05, 0.1) is 0 Å². The normalized spacial score (nSPS) is 17.5. The van der Waals surface area contributed by atoms with Crippen LogP contribution in [-0.4, -0.2) is 10.2 Å². The summed E-state index contributed by atoms with van der Waals surface area (Å²) in [4.78, 5) is 0. The highest BCUT2D eigenvalue weighted by molar-refractivity contribution is 5.74. The fraction of sp³-hybridized carbons (Fsp3) is 0.371. The second-order valence-corrected chi connectivity index (χ2v) is 11.2. The van der Waals surface area contributed by atoms with Gasteiger partial charge in [-0.15, -0.1) is 0 Å². The van der Waals surface area contributed by atoms with Crippen LogP contribution >= 0.6 is 0 Å². The van der Waals surface area contributed by atoms with E-state index in [1.54, 1.807) is 6.08 Å². The fourth-order valence-corrected chi connectivity index (χ4v) is 6.41. The van der Waals surface area contributed by atoms with Crippen LogP contribution in [-0.2, 0) is 6.42 Å². The van der Waals surface area contributed by atoms with Gasteiger partial charge in [0.2, 0.25) is 0 Å². The molecule has 0 atom stereocenters. The van der Waals surface area contributed by atoms with Crippen molar-refractivity contribution in [2.75, 3.05) is 0 Å². The third-order valence-corrected chi connectivity index (χ3v) is 8.55. The van der Waals surface area contributed by atoms with Gasteiger partial charge in [0, 0.05) is 17.5 Å². The molecule has 5 rings (SSSR count). The van der Waals surface area contributed by atoms with Crippen LogP contribution in [0.25, 0.3) is 18.2 Å². The second kappa shape index (κ2) is 12.4. The van der Waals surface area contributed by atoms with Crippen molar-refractivity contribution in [1.29, 1.82) is 0 Å². The molecular formula is C35H41NO2. The molecule has 0 heterocycles.